The first-order chi connectivity index (χ1) is 17.0. The van der Waals surface area contributed by atoms with Crippen LogP contribution >= 0.6 is 0 Å². The highest BCUT2D eigenvalue weighted by Crippen LogP contribution is 2.27. The van der Waals surface area contributed by atoms with Gasteiger partial charge in [0.25, 0.3) is 0 Å². The van der Waals surface area contributed by atoms with Gasteiger partial charge in [0.15, 0.2) is 6.10 Å². The standard InChI is InChI=1S/C29H31NO5/c1-4-34-28(29(31)32)19-23-7-5-6-22-18-25(13-14-26(22)23)35-17-16-30-20(2)8-15-27(30)21-9-11-24(33-3)12-10-21/h5-15,18,28H,4,16-17,19H2,1-3H3,(H,31,32). The van der Waals surface area contributed by atoms with Crippen molar-refractivity contribution in [1.82, 2.24) is 4.57 Å². The molecule has 35 heavy (non-hydrogen) atoms. The van der Waals surface area contributed by atoms with E-state index in [0.29, 0.717) is 26.2 Å². The Morgan fingerprint density at radius 3 is 2.49 bits per heavy atom. The molecule has 3 aromatic carbocycles. The Morgan fingerprint density at radius 1 is 1.00 bits per heavy atom. The molecule has 0 aliphatic heterocycles. The van der Waals surface area contributed by atoms with Crippen molar-refractivity contribution in [3.05, 3.63) is 84.1 Å². The minimum absolute atomic E-state index is 0.321. The zero-order valence-corrected chi connectivity index (χ0v) is 20.4. The van der Waals surface area contributed by atoms with Crippen LogP contribution in [0.1, 0.15) is 18.2 Å². The average molecular weight is 474 g/mol. The van der Waals surface area contributed by atoms with E-state index in [4.69, 9.17) is 14.2 Å². The molecule has 0 saturated carbocycles. The zero-order valence-electron chi connectivity index (χ0n) is 20.4. The number of aromatic nitrogens is 1. The summed E-state index contributed by atoms with van der Waals surface area (Å²) in [4.78, 5) is 11.5. The number of methoxy groups -OCH3 is 1. The normalized spacial score (nSPS) is 12.0. The highest BCUT2D eigenvalue weighted by molar-refractivity contribution is 5.87. The number of carboxylic acid groups (broad SMARTS) is 1. The van der Waals surface area contributed by atoms with Gasteiger partial charge in [-0.05, 0) is 84.3 Å². The van der Waals surface area contributed by atoms with E-state index in [1.165, 1.54) is 5.69 Å². The van der Waals surface area contributed by atoms with Gasteiger partial charge >= 0.3 is 5.97 Å². The molecule has 1 unspecified atom stereocenters. The van der Waals surface area contributed by atoms with Crippen LogP contribution in [0.2, 0.25) is 0 Å². The molecule has 1 N–H and O–H groups in total. The summed E-state index contributed by atoms with van der Waals surface area (Å²) in [5.74, 6) is 0.672. The predicted octanol–water partition coefficient (Wildman–Crippen LogP) is 5.74. The molecule has 4 rings (SSSR count). The largest absolute Gasteiger partial charge is 0.497 e. The van der Waals surface area contributed by atoms with Crippen molar-refractivity contribution in [3.63, 3.8) is 0 Å². The van der Waals surface area contributed by atoms with Crippen molar-refractivity contribution < 1.29 is 24.1 Å². The lowest BCUT2D eigenvalue weighted by molar-refractivity contribution is -0.149. The quantitative estimate of drug-likeness (QED) is 0.301. The van der Waals surface area contributed by atoms with Gasteiger partial charge in [0.1, 0.15) is 18.1 Å². The first kappa shape index (κ1) is 24.4. The first-order valence-electron chi connectivity index (χ1n) is 11.8. The third kappa shape index (κ3) is 5.66. The van der Waals surface area contributed by atoms with Crippen LogP contribution in [0.5, 0.6) is 11.5 Å². The van der Waals surface area contributed by atoms with E-state index in [1.807, 2.05) is 48.5 Å². The highest BCUT2D eigenvalue weighted by atomic mass is 16.5. The number of ether oxygens (including phenoxy) is 3. The Hall–Kier alpha value is -3.77. The maximum Gasteiger partial charge on any atom is 0.333 e. The number of nitrogens with zero attached hydrogens (tertiary/aromatic N) is 1. The zero-order chi connectivity index (χ0) is 24.8. The summed E-state index contributed by atoms with van der Waals surface area (Å²) in [6.45, 7) is 5.50. The average Bonchev–Trinajstić information content (AvgIpc) is 3.23. The Morgan fingerprint density at radius 2 is 1.77 bits per heavy atom. The molecule has 0 radical (unpaired) electrons. The molecule has 4 aromatic rings. The molecule has 1 heterocycles. The van der Waals surface area contributed by atoms with E-state index in [0.717, 1.165) is 39.1 Å². The molecule has 0 aliphatic carbocycles. The number of fused-ring (bicyclic) bond motifs is 1. The lowest BCUT2D eigenvalue weighted by Crippen LogP contribution is -2.26. The Kier molecular flexibility index (Phi) is 7.73. The number of aliphatic carboxylic acids is 1. The summed E-state index contributed by atoms with van der Waals surface area (Å²) in [6.07, 6.45) is -0.534. The minimum Gasteiger partial charge on any atom is -0.497 e. The molecule has 6 nitrogen and oxygen atoms in total. The monoisotopic (exact) mass is 473 g/mol. The second kappa shape index (κ2) is 11.1. The molecular formula is C29H31NO5. The summed E-state index contributed by atoms with van der Waals surface area (Å²) in [5, 5.41) is 11.5. The van der Waals surface area contributed by atoms with E-state index >= 15 is 0 Å². The molecule has 0 amide bonds. The van der Waals surface area contributed by atoms with Gasteiger partial charge in [0.2, 0.25) is 0 Å². The number of benzene rings is 3. The van der Waals surface area contributed by atoms with Crippen molar-refractivity contribution in [2.45, 2.75) is 32.9 Å². The van der Waals surface area contributed by atoms with Gasteiger partial charge in [0, 0.05) is 24.4 Å². The molecule has 182 valence electrons. The van der Waals surface area contributed by atoms with E-state index in [-0.39, 0.29) is 0 Å². The van der Waals surface area contributed by atoms with E-state index in [9.17, 15) is 9.90 Å². The smallest absolute Gasteiger partial charge is 0.333 e. The SMILES string of the molecule is CCOC(Cc1cccc2cc(OCCn3c(C)ccc3-c3ccc(OC)cc3)ccc12)C(=O)O. The van der Waals surface area contributed by atoms with E-state index < -0.39 is 12.1 Å². The van der Waals surface area contributed by atoms with Gasteiger partial charge in [-0.2, -0.15) is 0 Å². The maximum absolute atomic E-state index is 11.5. The molecule has 0 bridgehead atoms. The second-order valence-corrected chi connectivity index (χ2v) is 8.37. The van der Waals surface area contributed by atoms with Gasteiger partial charge in [-0.15, -0.1) is 0 Å². The molecular weight excluding hydrogens is 442 g/mol. The number of carboxylic acids is 1. The van der Waals surface area contributed by atoms with Crippen LogP contribution in [0.4, 0.5) is 0 Å². The summed E-state index contributed by atoms with van der Waals surface area (Å²) in [7, 11) is 1.67. The number of hydrogen-bond donors (Lipinski definition) is 1. The lowest BCUT2D eigenvalue weighted by atomic mass is 9.99. The Bertz CT molecular complexity index is 1290. The van der Waals surface area contributed by atoms with Crippen molar-refractivity contribution in [2.75, 3.05) is 20.3 Å². The number of rotatable bonds is 11. The summed E-state index contributed by atoms with van der Waals surface area (Å²) in [5.41, 5.74) is 4.38. The molecule has 0 saturated heterocycles. The Labute approximate surface area is 205 Å². The fraction of sp³-hybridized carbons (Fsp3) is 0.276. The van der Waals surface area contributed by atoms with Crippen LogP contribution in [-0.4, -0.2) is 42.1 Å². The van der Waals surface area contributed by atoms with Gasteiger partial charge in [-0.3, -0.25) is 0 Å². The van der Waals surface area contributed by atoms with Gasteiger partial charge in [0.05, 0.1) is 13.7 Å². The van der Waals surface area contributed by atoms with Crippen LogP contribution in [0.25, 0.3) is 22.0 Å². The third-order valence-corrected chi connectivity index (χ3v) is 6.16. The Balaban J connectivity index is 1.46. The van der Waals surface area contributed by atoms with Crippen molar-refractivity contribution in [1.29, 1.82) is 0 Å². The fourth-order valence-corrected chi connectivity index (χ4v) is 4.35. The van der Waals surface area contributed by atoms with Crippen LogP contribution in [-0.2, 0) is 22.5 Å². The summed E-state index contributed by atoms with van der Waals surface area (Å²) in [6, 6.07) is 24.1. The molecule has 1 atom stereocenters. The van der Waals surface area contributed by atoms with Gasteiger partial charge < -0.3 is 23.9 Å². The third-order valence-electron chi connectivity index (χ3n) is 6.16. The van der Waals surface area contributed by atoms with Crippen LogP contribution in [0, 0.1) is 6.92 Å². The maximum atomic E-state index is 11.5. The van der Waals surface area contributed by atoms with E-state index in [2.05, 4.69) is 35.8 Å². The molecule has 0 spiro atoms. The number of hydrogen-bond acceptors (Lipinski definition) is 4. The first-order valence-corrected chi connectivity index (χ1v) is 11.8. The fourth-order valence-electron chi connectivity index (χ4n) is 4.35. The van der Waals surface area contributed by atoms with E-state index in [1.54, 1.807) is 14.0 Å². The van der Waals surface area contributed by atoms with Gasteiger partial charge in [-0.25, -0.2) is 4.79 Å². The minimum atomic E-state index is -0.946. The lowest BCUT2D eigenvalue weighted by Gasteiger charge is -2.15. The van der Waals surface area contributed by atoms with Gasteiger partial charge in [-0.1, -0.05) is 24.3 Å². The topological polar surface area (TPSA) is 69.9 Å². The molecule has 0 fully saturated rings. The van der Waals surface area contributed by atoms with Crippen molar-refractivity contribution >= 4 is 16.7 Å². The van der Waals surface area contributed by atoms with Crippen LogP contribution in [0.3, 0.4) is 0 Å². The molecule has 6 heteroatoms. The summed E-state index contributed by atoms with van der Waals surface area (Å²) >= 11 is 0. The summed E-state index contributed by atoms with van der Waals surface area (Å²) < 4.78 is 19.0. The van der Waals surface area contributed by atoms with Crippen molar-refractivity contribution in [2.24, 2.45) is 0 Å². The van der Waals surface area contributed by atoms with Crippen molar-refractivity contribution in [3.8, 4) is 22.8 Å². The predicted molar refractivity (Wildman–Crippen MR) is 137 cm³/mol. The number of aryl methyl sites for hydroxylation is 1. The van der Waals surface area contributed by atoms with Crippen LogP contribution in [0.15, 0.2) is 72.8 Å². The van der Waals surface area contributed by atoms with Crippen LogP contribution < -0.4 is 9.47 Å². The number of carbonyl (C=O) groups is 1. The second-order valence-electron chi connectivity index (χ2n) is 8.37. The molecule has 0 aliphatic rings. The highest BCUT2D eigenvalue weighted by Gasteiger charge is 2.19. The molecule has 1 aromatic heterocycles.